The summed E-state index contributed by atoms with van der Waals surface area (Å²) < 4.78 is 0. The number of hydrogen-bond donors (Lipinski definition) is 2. The fourth-order valence-electron chi connectivity index (χ4n) is 1.97. The van der Waals surface area contributed by atoms with Crippen LogP contribution in [0.4, 0.5) is 0 Å². The van der Waals surface area contributed by atoms with Crippen molar-refractivity contribution >= 4 is 23.2 Å². The minimum atomic E-state index is -0.989. The molecule has 1 heterocycles. The number of carboxylic acids is 1. The van der Waals surface area contributed by atoms with Gasteiger partial charge in [-0.2, -0.15) is 0 Å². The fourth-order valence-corrected chi connectivity index (χ4v) is 2.82. The lowest BCUT2D eigenvalue weighted by molar-refractivity contribution is 0.0701. The second kappa shape index (κ2) is 6.05. The van der Waals surface area contributed by atoms with E-state index in [0.29, 0.717) is 16.3 Å². The summed E-state index contributed by atoms with van der Waals surface area (Å²) in [4.78, 5) is 27.5. The van der Waals surface area contributed by atoms with Crippen LogP contribution in [0.1, 0.15) is 41.9 Å². The summed E-state index contributed by atoms with van der Waals surface area (Å²) in [5.41, 5.74) is 3.10. The maximum atomic E-state index is 12.2. The Morgan fingerprint density at radius 1 is 1.29 bits per heavy atom. The lowest BCUT2D eigenvalue weighted by atomic mass is 10.0. The zero-order chi connectivity index (χ0) is 15.6. The SMILES string of the molecule is Cc1cccc(C(=O)NCc2nc(C)c(C(=O)O)s2)c1C. The minimum absolute atomic E-state index is 0.180. The van der Waals surface area contributed by atoms with Gasteiger partial charge in [-0.15, -0.1) is 11.3 Å². The lowest BCUT2D eigenvalue weighted by Crippen LogP contribution is -2.23. The van der Waals surface area contributed by atoms with Crippen LogP contribution in [0, 0.1) is 20.8 Å². The average Bonchev–Trinajstić information content (AvgIpc) is 2.80. The number of carbonyl (C=O) groups excluding carboxylic acids is 1. The Hall–Kier alpha value is -2.21. The van der Waals surface area contributed by atoms with Crippen molar-refractivity contribution < 1.29 is 14.7 Å². The highest BCUT2D eigenvalue weighted by atomic mass is 32.1. The number of aromatic nitrogens is 1. The normalized spacial score (nSPS) is 10.4. The topological polar surface area (TPSA) is 79.3 Å². The summed E-state index contributed by atoms with van der Waals surface area (Å²) >= 11 is 1.09. The summed E-state index contributed by atoms with van der Waals surface area (Å²) in [5.74, 6) is -1.17. The van der Waals surface area contributed by atoms with Crippen molar-refractivity contribution in [1.82, 2.24) is 10.3 Å². The van der Waals surface area contributed by atoms with Crippen LogP contribution in [0.3, 0.4) is 0 Å². The van der Waals surface area contributed by atoms with Crippen LogP contribution in [0.5, 0.6) is 0 Å². The molecule has 21 heavy (non-hydrogen) atoms. The van der Waals surface area contributed by atoms with E-state index in [-0.39, 0.29) is 17.3 Å². The first-order valence-electron chi connectivity index (χ1n) is 6.44. The van der Waals surface area contributed by atoms with E-state index >= 15 is 0 Å². The summed E-state index contributed by atoms with van der Waals surface area (Å²) in [5, 5.41) is 12.3. The zero-order valence-electron chi connectivity index (χ0n) is 12.1. The Kier molecular flexibility index (Phi) is 4.37. The van der Waals surface area contributed by atoms with Crippen LogP contribution in [-0.4, -0.2) is 22.0 Å². The summed E-state index contributed by atoms with van der Waals surface area (Å²) in [6.07, 6.45) is 0. The molecule has 0 saturated carbocycles. The monoisotopic (exact) mass is 304 g/mol. The number of thiazole rings is 1. The Labute approximate surface area is 126 Å². The number of nitrogens with one attached hydrogen (secondary N) is 1. The van der Waals surface area contributed by atoms with Crippen molar-refractivity contribution in [3.8, 4) is 0 Å². The van der Waals surface area contributed by atoms with Crippen LogP contribution >= 0.6 is 11.3 Å². The number of nitrogens with zero attached hydrogens (tertiary/aromatic N) is 1. The number of carbonyl (C=O) groups is 2. The van der Waals surface area contributed by atoms with Gasteiger partial charge in [-0.1, -0.05) is 12.1 Å². The first-order chi connectivity index (χ1) is 9.90. The van der Waals surface area contributed by atoms with E-state index in [4.69, 9.17) is 5.11 Å². The molecule has 0 aliphatic heterocycles. The molecule has 0 unspecified atom stereocenters. The van der Waals surface area contributed by atoms with Crippen molar-refractivity contribution in [3.05, 3.63) is 50.5 Å². The summed E-state index contributed by atoms with van der Waals surface area (Å²) in [6.45, 7) is 5.73. The molecule has 0 aliphatic rings. The molecular formula is C15H16N2O3S. The van der Waals surface area contributed by atoms with Crippen molar-refractivity contribution in [1.29, 1.82) is 0 Å². The molecule has 0 fully saturated rings. The van der Waals surface area contributed by atoms with Crippen molar-refractivity contribution in [3.63, 3.8) is 0 Å². The second-order valence-corrected chi connectivity index (χ2v) is 5.84. The highest BCUT2D eigenvalue weighted by Crippen LogP contribution is 2.18. The van der Waals surface area contributed by atoms with Gasteiger partial charge >= 0.3 is 5.97 Å². The van der Waals surface area contributed by atoms with Crippen LogP contribution < -0.4 is 5.32 Å². The van der Waals surface area contributed by atoms with E-state index in [2.05, 4.69) is 10.3 Å². The molecule has 1 amide bonds. The summed E-state index contributed by atoms with van der Waals surface area (Å²) in [6, 6.07) is 5.57. The van der Waals surface area contributed by atoms with E-state index in [1.165, 1.54) is 0 Å². The Bertz CT molecular complexity index is 707. The van der Waals surface area contributed by atoms with Gasteiger partial charge in [0.25, 0.3) is 5.91 Å². The van der Waals surface area contributed by atoms with Crippen molar-refractivity contribution in [2.24, 2.45) is 0 Å². The lowest BCUT2D eigenvalue weighted by Gasteiger charge is -2.08. The molecule has 5 nitrogen and oxygen atoms in total. The molecule has 0 bridgehead atoms. The molecule has 6 heteroatoms. The van der Waals surface area contributed by atoms with E-state index < -0.39 is 5.97 Å². The predicted molar refractivity (Wildman–Crippen MR) is 80.9 cm³/mol. The van der Waals surface area contributed by atoms with Gasteiger partial charge in [0.15, 0.2) is 0 Å². The van der Waals surface area contributed by atoms with Gasteiger partial charge in [-0.05, 0) is 38.0 Å². The maximum Gasteiger partial charge on any atom is 0.347 e. The minimum Gasteiger partial charge on any atom is -0.477 e. The first-order valence-corrected chi connectivity index (χ1v) is 7.25. The number of rotatable bonds is 4. The van der Waals surface area contributed by atoms with Gasteiger partial charge in [0.05, 0.1) is 12.2 Å². The number of hydrogen-bond acceptors (Lipinski definition) is 4. The third kappa shape index (κ3) is 3.28. The molecule has 0 radical (unpaired) electrons. The number of aryl methyl sites for hydroxylation is 2. The van der Waals surface area contributed by atoms with E-state index in [1.807, 2.05) is 26.0 Å². The van der Waals surface area contributed by atoms with E-state index in [1.54, 1.807) is 13.0 Å². The van der Waals surface area contributed by atoms with Gasteiger partial charge in [0.2, 0.25) is 0 Å². The number of benzene rings is 1. The Morgan fingerprint density at radius 2 is 2.00 bits per heavy atom. The van der Waals surface area contributed by atoms with Gasteiger partial charge in [-0.3, -0.25) is 4.79 Å². The largest absolute Gasteiger partial charge is 0.477 e. The third-order valence-corrected chi connectivity index (χ3v) is 4.43. The number of amides is 1. The molecule has 0 spiro atoms. The molecule has 110 valence electrons. The maximum absolute atomic E-state index is 12.2. The van der Waals surface area contributed by atoms with Crippen LogP contribution in [-0.2, 0) is 6.54 Å². The molecular weight excluding hydrogens is 288 g/mol. The first kappa shape index (κ1) is 15.2. The van der Waals surface area contributed by atoms with Crippen molar-refractivity contribution in [2.45, 2.75) is 27.3 Å². The quantitative estimate of drug-likeness (QED) is 0.910. The zero-order valence-corrected chi connectivity index (χ0v) is 12.9. The Balaban J connectivity index is 2.09. The van der Waals surface area contributed by atoms with Crippen molar-refractivity contribution in [2.75, 3.05) is 0 Å². The van der Waals surface area contributed by atoms with Crippen LogP contribution in [0.15, 0.2) is 18.2 Å². The molecule has 0 saturated heterocycles. The van der Waals surface area contributed by atoms with Gasteiger partial charge < -0.3 is 10.4 Å². The molecule has 2 aromatic rings. The fraction of sp³-hybridized carbons (Fsp3) is 0.267. The standard InChI is InChI=1S/C15H16N2O3S/c1-8-5-4-6-11(9(8)2)14(18)16-7-12-17-10(3)13(21-12)15(19)20/h4-6H,7H2,1-3H3,(H,16,18)(H,19,20). The second-order valence-electron chi connectivity index (χ2n) is 4.76. The smallest absolute Gasteiger partial charge is 0.347 e. The third-order valence-electron chi connectivity index (χ3n) is 3.28. The van der Waals surface area contributed by atoms with Gasteiger partial charge in [0.1, 0.15) is 9.88 Å². The highest BCUT2D eigenvalue weighted by Gasteiger charge is 2.15. The van der Waals surface area contributed by atoms with Gasteiger partial charge in [0, 0.05) is 5.56 Å². The molecule has 0 atom stereocenters. The highest BCUT2D eigenvalue weighted by molar-refractivity contribution is 7.13. The van der Waals surface area contributed by atoms with Crippen LogP contribution in [0.2, 0.25) is 0 Å². The summed E-state index contributed by atoms with van der Waals surface area (Å²) in [7, 11) is 0. The molecule has 0 aliphatic carbocycles. The number of carboxylic acid groups (broad SMARTS) is 1. The number of aromatic carboxylic acids is 1. The van der Waals surface area contributed by atoms with Crippen LogP contribution in [0.25, 0.3) is 0 Å². The van der Waals surface area contributed by atoms with Gasteiger partial charge in [-0.25, -0.2) is 9.78 Å². The molecule has 2 rings (SSSR count). The molecule has 2 N–H and O–H groups in total. The molecule has 1 aromatic carbocycles. The van der Waals surface area contributed by atoms with E-state index in [0.717, 1.165) is 22.5 Å². The molecule has 1 aromatic heterocycles. The van der Waals surface area contributed by atoms with E-state index in [9.17, 15) is 9.59 Å². The predicted octanol–water partition coefficient (Wildman–Crippen LogP) is 2.70. The average molecular weight is 304 g/mol. The Morgan fingerprint density at radius 3 is 2.62 bits per heavy atom.